The van der Waals surface area contributed by atoms with Crippen LogP contribution < -0.4 is 5.32 Å². The van der Waals surface area contributed by atoms with Crippen LogP contribution in [0.3, 0.4) is 0 Å². The molecule has 0 spiro atoms. The Bertz CT molecular complexity index is 612. The molecule has 0 unspecified atom stereocenters. The Morgan fingerprint density at radius 2 is 1.83 bits per heavy atom. The van der Waals surface area contributed by atoms with E-state index in [1.165, 1.54) is 11.3 Å². The number of thiazole rings is 1. The monoisotopic (exact) mass is 332 g/mol. The molecule has 0 saturated heterocycles. The zero-order valence-electron chi connectivity index (χ0n) is 14.0. The van der Waals surface area contributed by atoms with Crippen molar-refractivity contribution in [3.8, 4) is 10.4 Å². The minimum Gasteiger partial charge on any atom is -0.328 e. The van der Waals surface area contributed by atoms with Crippen LogP contribution in [0.5, 0.6) is 0 Å². The Hall–Kier alpha value is -1.92. The summed E-state index contributed by atoms with van der Waals surface area (Å²) in [5.41, 5.74) is 1.11. The van der Waals surface area contributed by atoms with E-state index in [2.05, 4.69) is 29.3 Å². The van der Waals surface area contributed by atoms with E-state index in [4.69, 9.17) is 0 Å². The highest BCUT2D eigenvalue weighted by atomic mass is 32.1. The van der Waals surface area contributed by atoms with Crippen LogP contribution in [0.25, 0.3) is 10.4 Å². The minimum atomic E-state index is -0.108. The number of urea groups is 1. The topological polar surface area (TPSA) is 48.5 Å². The SMILES string of the molecule is CN(C)CCCCN(C)C(=O)Nc1ncc(-c2ccccc2)s1. The van der Waals surface area contributed by atoms with Gasteiger partial charge in [0.05, 0.1) is 4.88 Å². The lowest BCUT2D eigenvalue weighted by Gasteiger charge is -2.17. The van der Waals surface area contributed by atoms with E-state index in [1.54, 1.807) is 11.1 Å². The fourth-order valence-electron chi connectivity index (χ4n) is 2.13. The van der Waals surface area contributed by atoms with Gasteiger partial charge in [0.15, 0.2) is 5.13 Å². The minimum absolute atomic E-state index is 0.108. The Labute approximate surface area is 141 Å². The number of hydrogen-bond acceptors (Lipinski definition) is 4. The zero-order chi connectivity index (χ0) is 16.7. The number of carbonyl (C=O) groups excluding carboxylic acids is 1. The molecule has 0 aliphatic heterocycles. The number of nitrogens with zero attached hydrogens (tertiary/aromatic N) is 3. The fraction of sp³-hybridized carbons (Fsp3) is 0.412. The molecule has 1 aromatic carbocycles. The first-order valence-electron chi connectivity index (χ1n) is 7.74. The summed E-state index contributed by atoms with van der Waals surface area (Å²) in [5, 5.41) is 3.50. The van der Waals surface area contributed by atoms with E-state index in [0.29, 0.717) is 5.13 Å². The number of unbranched alkanes of at least 4 members (excludes halogenated alkanes) is 1. The summed E-state index contributed by atoms with van der Waals surface area (Å²) in [5.74, 6) is 0. The molecule has 2 aromatic rings. The van der Waals surface area contributed by atoms with Crippen molar-refractivity contribution in [1.29, 1.82) is 0 Å². The molecule has 6 heteroatoms. The van der Waals surface area contributed by atoms with Crippen LogP contribution in [0.4, 0.5) is 9.93 Å². The van der Waals surface area contributed by atoms with Gasteiger partial charge in [-0.1, -0.05) is 41.7 Å². The van der Waals surface area contributed by atoms with Gasteiger partial charge in [-0.3, -0.25) is 5.32 Å². The normalized spacial score (nSPS) is 10.8. The van der Waals surface area contributed by atoms with Crippen molar-refractivity contribution in [2.75, 3.05) is 39.5 Å². The number of rotatable bonds is 7. The van der Waals surface area contributed by atoms with E-state index in [1.807, 2.05) is 37.4 Å². The van der Waals surface area contributed by atoms with Crippen LogP contribution >= 0.6 is 11.3 Å². The highest BCUT2D eigenvalue weighted by Crippen LogP contribution is 2.28. The first-order valence-corrected chi connectivity index (χ1v) is 8.56. The third-order valence-electron chi connectivity index (χ3n) is 3.47. The van der Waals surface area contributed by atoms with Crippen molar-refractivity contribution in [2.45, 2.75) is 12.8 Å². The van der Waals surface area contributed by atoms with Gasteiger partial charge in [-0.15, -0.1) is 0 Å². The molecular weight excluding hydrogens is 308 g/mol. The quantitative estimate of drug-likeness (QED) is 0.788. The van der Waals surface area contributed by atoms with E-state index >= 15 is 0 Å². The lowest BCUT2D eigenvalue weighted by atomic mass is 10.2. The Balaban J connectivity index is 1.82. The molecule has 1 heterocycles. The van der Waals surface area contributed by atoms with Gasteiger partial charge in [-0.05, 0) is 39.0 Å². The van der Waals surface area contributed by atoms with E-state index in [-0.39, 0.29) is 6.03 Å². The Kier molecular flexibility index (Phi) is 6.55. The second-order valence-electron chi connectivity index (χ2n) is 5.76. The molecule has 1 N–H and O–H groups in total. The van der Waals surface area contributed by atoms with Gasteiger partial charge in [0.25, 0.3) is 0 Å². The van der Waals surface area contributed by atoms with Gasteiger partial charge >= 0.3 is 6.03 Å². The van der Waals surface area contributed by atoms with Gasteiger partial charge in [0.2, 0.25) is 0 Å². The van der Waals surface area contributed by atoms with Gasteiger partial charge in [0, 0.05) is 19.8 Å². The molecule has 0 atom stereocenters. The average Bonchev–Trinajstić information content (AvgIpc) is 3.00. The van der Waals surface area contributed by atoms with Crippen molar-refractivity contribution in [1.82, 2.24) is 14.8 Å². The second kappa shape index (κ2) is 8.64. The standard InChI is InChI=1S/C17H24N4OS/c1-20(2)11-7-8-12-21(3)17(22)19-16-18-13-15(23-16)14-9-5-4-6-10-14/h4-6,9-10,13H,7-8,11-12H2,1-3H3,(H,18,19,22). The summed E-state index contributed by atoms with van der Waals surface area (Å²) in [4.78, 5) is 21.4. The highest BCUT2D eigenvalue weighted by molar-refractivity contribution is 7.19. The molecule has 0 bridgehead atoms. The van der Waals surface area contributed by atoms with Crippen LogP contribution in [0.1, 0.15) is 12.8 Å². The van der Waals surface area contributed by atoms with Gasteiger partial charge in [-0.25, -0.2) is 9.78 Å². The lowest BCUT2D eigenvalue weighted by molar-refractivity contribution is 0.221. The third kappa shape index (κ3) is 5.65. The van der Waals surface area contributed by atoms with Crippen LogP contribution in [0.15, 0.2) is 36.5 Å². The number of hydrogen-bond donors (Lipinski definition) is 1. The van der Waals surface area contributed by atoms with Crippen LogP contribution in [-0.2, 0) is 0 Å². The summed E-state index contributed by atoms with van der Waals surface area (Å²) >= 11 is 1.49. The zero-order valence-corrected chi connectivity index (χ0v) is 14.8. The lowest BCUT2D eigenvalue weighted by Crippen LogP contribution is -2.32. The summed E-state index contributed by atoms with van der Waals surface area (Å²) in [6.45, 7) is 1.79. The molecular formula is C17H24N4OS. The van der Waals surface area contributed by atoms with Gasteiger partial charge in [0.1, 0.15) is 0 Å². The maximum Gasteiger partial charge on any atom is 0.323 e. The van der Waals surface area contributed by atoms with Crippen molar-refractivity contribution in [3.05, 3.63) is 36.5 Å². The van der Waals surface area contributed by atoms with Gasteiger partial charge < -0.3 is 9.80 Å². The molecule has 1 aromatic heterocycles. The molecule has 0 aliphatic rings. The molecule has 2 rings (SSSR count). The maximum atomic E-state index is 12.2. The molecule has 5 nitrogen and oxygen atoms in total. The van der Waals surface area contributed by atoms with Crippen molar-refractivity contribution in [2.24, 2.45) is 0 Å². The smallest absolute Gasteiger partial charge is 0.323 e. The number of nitrogens with one attached hydrogen (secondary N) is 1. The van der Waals surface area contributed by atoms with Crippen molar-refractivity contribution in [3.63, 3.8) is 0 Å². The molecule has 124 valence electrons. The summed E-state index contributed by atoms with van der Waals surface area (Å²) in [6, 6.07) is 9.94. The molecule has 0 radical (unpaired) electrons. The van der Waals surface area contributed by atoms with E-state index in [0.717, 1.165) is 36.4 Å². The third-order valence-corrected chi connectivity index (χ3v) is 4.44. The van der Waals surface area contributed by atoms with Crippen LogP contribution in [0.2, 0.25) is 0 Å². The van der Waals surface area contributed by atoms with Crippen LogP contribution in [-0.4, -0.2) is 55.0 Å². The Morgan fingerprint density at radius 1 is 1.13 bits per heavy atom. The molecule has 2 amide bonds. The first-order chi connectivity index (χ1) is 11.1. The number of amides is 2. The van der Waals surface area contributed by atoms with Gasteiger partial charge in [-0.2, -0.15) is 0 Å². The first kappa shape index (κ1) is 17.4. The predicted molar refractivity (Wildman–Crippen MR) is 97.0 cm³/mol. The van der Waals surface area contributed by atoms with Crippen LogP contribution in [0, 0.1) is 0 Å². The Morgan fingerprint density at radius 3 is 2.52 bits per heavy atom. The number of benzene rings is 1. The van der Waals surface area contributed by atoms with E-state index in [9.17, 15) is 4.79 Å². The number of carbonyl (C=O) groups is 1. The molecule has 0 aliphatic carbocycles. The highest BCUT2D eigenvalue weighted by Gasteiger charge is 2.11. The molecule has 23 heavy (non-hydrogen) atoms. The summed E-state index contributed by atoms with van der Waals surface area (Å²) in [6.07, 6.45) is 3.88. The predicted octanol–water partition coefficient (Wildman–Crippen LogP) is 3.62. The summed E-state index contributed by atoms with van der Waals surface area (Å²) < 4.78 is 0. The molecule has 0 saturated carbocycles. The molecule has 0 fully saturated rings. The summed E-state index contributed by atoms with van der Waals surface area (Å²) in [7, 11) is 5.93. The van der Waals surface area contributed by atoms with E-state index < -0.39 is 0 Å². The van der Waals surface area contributed by atoms with Crippen molar-refractivity contribution < 1.29 is 4.79 Å². The number of aromatic nitrogens is 1. The number of anilines is 1. The average molecular weight is 332 g/mol. The maximum absolute atomic E-state index is 12.2. The largest absolute Gasteiger partial charge is 0.328 e. The fourth-order valence-corrected chi connectivity index (χ4v) is 2.94. The van der Waals surface area contributed by atoms with Crippen molar-refractivity contribution >= 4 is 22.5 Å². The second-order valence-corrected chi connectivity index (χ2v) is 6.79.